The molecule has 0 aliphatic heterocycles. The monoisotopic (exact) mass is 354 g/mol. The number of nitrogens with one attached hydrogen (secondary N) is 1. The van der Waals surface area contributed by atoms with Gasteiger partial charge in [0.15, 0.2) is 0 Å². The van der Waals surface area contributed by atoms with Crippen LogP contribution >= 0.6 is 27.3 Å². The van der Waals surface area contributed by atoms with Crippen LogP contribution in [-0.2, 0) is 5.41 Å². The van der Waals surface area contributed by atoms with Gasteiger partial charge in [0.2, 0.25) is 0 Å². The largest absolute Gasteiger partial charge is 0.361 e. The molecule has 1 N–H and O–H groups in total. The first-order valence-electron chi connectivity index (χ1n) is 6.49. The van der Waals surface area contributed by atoms with Crippen molar-refractivity contribution in [1.82, 2.24) is 15.0 Å². The van der Waals surface area contributed by atoms with Crippen molar-refractivity contribution in [3.05, 3.63) is 32.6 Å². The van der Waals surface area contributed by atoms with E-state index >= 15 is 0 Å². The fourth-order valence-corrected chi connectivity index (χ4v) is 2.84. The summed E-state index contributed by atoms with van der Waals surface area (Å²) < 4.78 is 0.794. The maximum absolute atomic E-state index is 4.60. The molecule has 0 bridgehead atoms. The summed E-state index contributed by atoms with van der Waals surface area (Å²) in [6.07, 6.45) is 1.90. The highest BCUT2D eigenvalue weighted by atomic mass is 79.9. The Morgan fingerprint density at radius 3 is 2.55 bits per heavy atom. The van der Waals surface area contributed by atoms with Crippen LogP contribution in [0.4, 0.5) is 5.82 Å². The zero-order valence-corrected chi connectivity index (χ0v) is 14.8. The van der Waals surface area contributed by atoms with Crippen molar-refractivity contribution in [2.75, 3.05) is 5.32 Å². The highest BCUT2D eigenvalue weighted by molar-refractivity contribution is 9.10. The molecule has 108 valence electrons. The van der Waals surface area contributed by atoms with Crippen LogP contribution in [0.15, 0.2) is 16.9 Å². The predicted molar refractivity (Wildman–Crippen MR) is 87.3 cm³/mol. The van der Waals surface area contributed by atoms with Gasteiger partial charge in [-0.1, -0.05) is 20.8 Å². The van der Waals surface area contributed by atoms with Gasteiger partial charge in [0.05, 0.1) is 6.04 Å². The molecule has 2 heterocycles. The van der Waals surface area contributed by atoms with E-state index in [1.54, 1.807) is 11.3 Å². The normalized spacial score (nSPS) is 13.3. The maximum Gasteiger partial charge on any atom is 0.137 e. The lowest BCUT2D eigenvalue weighted by Gasteiger charge is -2.19. The van der Waals surface area contributed by atoms with E-state index in [2.05, 4.69) is 70.8 Å². The number of rotatable bonds is 3. The van der Waals surface area contributed by atoms with E-state index in [9.17, 15) is 0 Å². The summed E-state index contributed by atoms with van der Waals surface area (Å²) in [5, 5.41) is 4.46. The molecule has 6 heteroatoms. The Morgan fingerprint density at radius 2 is 2.00 bits per heavy atom. The molecule has 1 unspecified atom stereocenters. The quantitative estimate of drug-likeness (QED) is 0.825. The Labute approximate surface area is 132 Å². The van der Waals surface area contributed by atoms with Crippen molar-refractivity contribution >= 4 is 33.1 Å². The van der Waals surface area contributed by atoms with Crippen LogP contribution in [0.1, 0.15) is 49.4 Å². The summed E-state index contributed by atoms with van der Waals surface area (Å²) in [7, 11) is 0. The van der Waals surface area contributed by atoms with Crippen molar-refractivity contribution in [3.8, 4) is 0 Å². The van der Waals surface area contributed by atoms with Crippen LogP contribution < -0.4 is 5.32 Å². The van der Waals surface area contributed by atoms with Gasteiger partial charge in [-0.25, -0.2) is 15.0 Å². The summed E-state index contributed by atoms with van der Waals surface area (Å²) in [6.45, 7) is 10.5. The van der Waals surface area contributed by atoms with E-state index < -0.39 is 0 Å². The average Bonchev–Trinajstić information content (AvgIpc) is 2.74. The van der Waals surface area contributed by atoms with E-state index in [4.69, 9.17) is 0 Å². The smallest absolute Gasteiger partial charge is 0.137 e. The first-order valence-corrected chi connectivity index (χ1v) is 8.10. The van der Waals surface area contributed by atoms with E-state index in [0.29, 0.717) is 0 Å². The molecular formula is C14H19BrN4S. The maximum atomic E-state index is 4.60. The zero-order chi connectivity index (χ0) is 14.9. The first-order chi connectivity index (χ1) is 9.25. The lowest BCUT2D eigenvalue weighted by Crippen LogP contribution is -2.18. The number of nitrogens with zero attached hydrogens (tertiary/aromatic N) is 3. The number of aromatic nitrogens is 3. The van der Waals surface area contributed by atoms with Gasteiger partial charge < -0.3 is 5.32 Å². The number of aryl methyl sites for hydroxylation is 1. The lowest BCUT2D eigenvalue weighted by atomic mass is 9.96. The zero-order valence-electron chi connectivity index (χ0n) is 12.4. The predicted octanol–water partition coefficient (Wildman–Crippen LogP) is 4.47. The number of thiazole rings is 1. The second-order valence-electron chi connectivity index (χ2n) is 5.82. The van der Waals surface area contributed by atoms with Crippen molar-refractivity contribution in [2.45, 2.75) is 46.1 Å². The molecule has 2 aromatic heterocycles. The van der Waals surface area contributed by atoms with Crippen LogP contribution in [0.3, 0.4) is 0 Å². The standard InChI is InChI=1S/C14H19BrN4S/c1-8-7-16-12(20-8)9(2)17-11-6-10(15)18-13(19-11)14(3,4)5/h6-7,9H,1-5H3,(H,17,18,19). The van der Waals surface area contributed by atoms with Crippen LogP contribution in [-0.4, -0.2) is 15.0 Å². The number of hydrogen-bond donors (Lipinski definition) is 1. The van der Waals surface area contributed by atoms with Gasteiger partial charge in [-0.2, -0.15) is 0 Å². The molecule has 0 spiro atoms. The van der Waals surface area contributed by atoms with E-state index in [0.717, 1.165) is 21.3 Å². The van der Waals surface area contributed by atoms with Gasteiger partial charge in [0.1, 0.15) is 21.3 Å². The van der Waals surface area contributed by atoms with Gasteiger partial charge in [-0.15, -0.1) is 11.3 Å². The molecule has 0 radical (unpaired) electrons. The summed E-state index contributed by atoms with van der Waals surface area (Å²) in [6, 6.07) is 2.02. The fourth-order valence-electron chi connectivity index (χ4n) is 1.68. The third-order valence-corrected chi connectivity index (χ3v) is 4.24. The first kappa shape index (κ1) is 15.4. The molecule has 0 fully saturated rings. The van der Waals surface area contributed by atoms with Crippen LogP contribution in [0.5, 0.6) is 0 Å². The summed E-state index contributed by atoms with van der Waals surface area (Å²) >= 11 is 5.15. The summed E-state index contributed by atoms with van der Waals surface area (Å²) in [4.78, 5) is 14.7. The topological polar surface area (TPSA) is 50.7 Å². The highest BCUT2D eigenvalue weighted by Crippen LogP contribution is 2.26. The van der Waals surface area contributed by atoms with E-state index in [1.165, 1.54) is 4.88 Å². The fraction of sp³-hybridized carbons (Fsp3) is 0.500. The number of hydrogen-bond acceptors (Lipinski definition) is 5. The van der Waals surface area contributed by atoms with Gasteiger partial charge in [0, 0.05) is 22.6 Å². The van der Waals surface area contributed by atoms with Crippen molar-refractivity contribution in [1.29, 1.82) is 0 Å². The lowest BCUT2D eigenvalue weighted by molar-refractivity contribution is 0.544. The third kappa shape index (κ3) is 3.76. The number of anilines is 1. The van der Waals surface area contributed by atoms with E-state index in [1.807, 2.05) is 12.3 Å². The number of halogens is 1. The van der Waals surface area contributed by atoms with Gasteiger partial charge >= 0.3 is 0 Å². The SMILES string of the molecule is Cc1cnc(C(C)Nc2cc(Br)nc(C(C)(C)C)n2)s1. The van der Waals surface area contributed by atoms with Crippen molar-refractivity contribution in [2.24, 2.45) is 0 Å². The van der Waals surface area contributed by atoms with Gasteiger partial charge in [-0.3, -0.25) is 0 Å². The molecule has 0 aromatic carbocycles. The second-order valence-corrected chi connectivity index (χ2v) is 7.90. The second kappa shape index (κ2) is 5.77. The van der Waals surface area contributed by atoms with Crippen molar-refractivity contribution in [3.63, 3.8) is 0 Å². The molecule has 0 saturated heterocycles. The molecule has 0 aliphatic carbocycles. The Balaban J connectivity index is 2.23. The summed E-state index contributed by atoms with van der Waals surface area (Å²) in [5.74, 6) is 1.63. The summed E-state index contributed by atoms with van der Waals surface area (Å²) in [5.41, 5.74) is -0.0821. The molecule has 20 heavy (non-hydrogen) atoms. The molecule has 4 nitrogen and oxygen atoms in total. The Bertz CT molecular complexity index is 603. The molecule has 2 aromatic rings. The molecular weight excluding hydrogens is 336 g/mol. The van der Waals surface area contributed by atoms with Crippen LogP contribution in [0.2, 0.25) is 0 Å². The minimum Gasteiger partial charge on any atom is -0.361 e. The Hall–Kier alpha value is -1.01. The average molecular weight is 355 g/mol. The van der Waals surface area contributed by atoms with Crippen LogP contribution in [0, 0.1) is 6.92 Å². The van der Waals surface area contributed by atoms with E-state index in [-0.39, 0.29) is 11.5 Å². The van der Waals surface area contributed by atoms with Gasteiger partial charge in [0.25, 0.3) is 0 Å². The third-order valence-electron chi connectivity index (χ3n) is 2.74. The highest BCUT2D eigenvalue weighted by Gasteiger charge is 2.19. The minimum atomic E-state index is -0.0821. The molecule has 0 aliphatic rings. The molecule has 1 atom stereocenters. The molecule has 0 amide bonds. The Kier molecular flexibility index (Phi) is 4.44. The van der Waals surface area contributed by atoms with Gasteiger partial charge in [-0.05, 0) is 29.8 Å². The minimum absolute atomic E-state index is 0.0821. The van der Waals surface area contributed by atoms with Crippen molar-refractivity contribution < 1.29 is 0 Å². The Morgan fingerprint density at radius 1 is 1.30 bits per heavy atom. The van der Waals surface area contributed by atoms with Crippen LogP contribution in [0.25, 0.3) is 0 Å². The molecule has 0 saturated carbocycles. The molecule has 2 rings (SSSR count).